The molecule has 0 spiro atoms. The normalized spacial score (nSPS) is 17.7. The highest BCUT2D eigenvalue weighted by atomic mass is 16.7. The van der Waals surface area contributed by atoms with Crippen LogP contribution in [0.25, 0.3) is 0 Å². The van der Waals surface area contributed by atoms with Crippen molar-refractivity contribution in [1.82, 2.24) is 5.32 Å². The number of hydrogen-bond donors (Lipinski definition) is 1. The van der Waals surface area contributed by atoms with E-state index in [9.17, 15) is 9.59 Å². The molecule has 4 rings (SSSR count). The predicted octanol–water partition coefficient (Wildman–Crippen LogP) is 1.96. The molecular formula is C20H17N3O4. The Morgan fingerprint density at radius 2 is 2.07 bits per heavy atom. The summed E-state index contributed by atoms with van der Waals surface area (Å²) in [6.07, 6.45) is 0.157. The van der Waals surface area contributed by atoms with Crippen LogP contribution in [0.1, 0.15) is 17.5 Å². The average molecular weight is 363 g/mol. The van der Waals surface area contributed by atoms with Crippen LogP contribution in [-0.2, 0) is 16.1 Å². The number of hydrogen-bond acceptors (Lipinski definition) is 5. The van der Waals surface area contributed by atoms with Crippen molar-refractivity contribution in [2.45, 2.75) is 13.0 Å². The number of nitrogens with one attached hydrogen (secondary N) is 1. The van der Waals surface area contributed by atoms with Gasteiger partial charge in [-0.15, -0.1) is 0 Å². The molecule has 1 saturated heterocycles. The fraction of sp³-hybridized carbons (Fsp3) is 0.250. The highest BCUT2D eigenvalue weighted by molar-refractivity contribution is 6.00. The number of ether oxygens (including phenoxy) is 2. The number of nitriles is 1. The SMILES string of the molecule is N#Cc1cccc(N2CC(C(=O)NCc3ccc4c(c3)OCO4)CC2=O)c1. The number of fused-ring (bicyclic) bond motifs is 1. The van der Waals surface area contributed by atoms with Crippen molar-refractivity contribution in [3.05, 3.63) is 53.6 Å². The van der Waals surface area contributed by atoms with Gasteiger partial charge in [-0.25, -0.2) is 0 Å². The fourth-order valence-electron chi connectivity index (χ4n) is 3.26. The van der Waals surface area contributed by atoms with E-state index in [1.54, 1.807) is 29.2 Å². The monoisotopic (exact) mass is 363 g/mol. The number of rotatable bonds is 4. The lowest BCUT2D eigenvalue weighted by Gasteiger charge is -2.17. The number of benzene rings is 2. The maximum absolute atomic E-state index is 12.5. The molecule has 1 atom stereocenters. The van der Waals surface area contributed by atoms with Gasteiger partial charge >= 0.3 is 0 Å². The van der Waals surface area contributed by atoms with Gasteiger partial charge in [0.05, 0.1) is 17.6 Å². The Bertz CT molecular complexity index is 950. The number of carbonyl (C=O) groups is 2. The van der Waals surface area contributed by atoms with E-state index < -0.39 is 5.92 Å². The summed E-state index contributed by atoms with van der Waals surface area (Å²) < 4.78 is 10.6. The van der Waals surface area contributed by atoms with Crippen molar-refractivity contribution in [2.24, 2.45) is 5.92 Å². The topological polar surface area (TPSA) is 91.7 Å². The van der Waals surface area contributed by atoms with E-state index in [2.05, 4.69) is 11.4 Å². The zero-order chi connectivity index (χ0) is 18.8. The second-order valence-electron chi connectivity index (χ2n) is 6.47. The Morgan fingerprint density at radius 1 is 1.22 bits per heavy atom. The van der Waals surface area contributed by atoms with Crippen molar-refractivity contribution in [3.63, 3.8) is 0 Å². The Labute approximate surface area is 156 Å². The van der Waals surface area contributed by atoms with E-state index >= 15 is 0 Å². The van der Waals surface area contributed by atoms with Gasteiger partial charge in [0.25, 0.3) is 0 Å². The molecule has 1 fully saturated rings. The molecule has 2 aliphatic rings. The number of carbonyl (C=O) groups excluding carboxylic acids is 2. The molecule has 0 radical (unpaired) electrons. The third-order valence-electron chi connectivity index (χ3n) is 4.69. The van der Waals surface area contributed by atoms with Crippen molar-refractivity contribution < 1.29 is 19.1 Å². The van der Waals surface area contributed by atoms with Crippen LogP contribution in [0.5, 0.6) is 11.5 Å². The zero-order valence-corrected chi connectivity index (χ0v) is 14.5. The molecule has 0 saturated carbocycles. The molecule has 2 amide bonds. The van der Waals surface area contributed by atoms with E-state index in [1.807, 2.05) is 18.2 Å². The molecule has 2 heterocycles. The van der Waals surface area contributed by atoms with Gasteiger partial charge in [0.1, 0.15) is 0 Å². The molecule has 0 bridgehead atoms. The first-order chi connectivity index (χ1) is 13.1. The quantitative estimate of drug-likeness (QED) is 0.896. The molecule has 1 N–H and O–H groups in total. The molecule has 2 aliphatic heterocycles. The van der Waals surface area contributed by atoms with Crippen molar-refractivity contribution in [3.8, 4) is 17.6 Å². The molecule has 7 heteroatoms. The molecule has 27 heavy (non-hydrogen) atoms. The van der Waals surface area contributed by atoms with Crippen LogP contribution in [0.4, 0.5) is 5.69 Å². The van der Waals surface area contributed by atoms with Crippen molar-refractivity contribution in [1.29, 1.82) is 5.26 Å². The van der Waals surface area contributed by atoms with E-state index in [-0.39, 0.29) is 25.0 Å². The van der Waals surface area contributed by atoms with E-state index in [4.69, 9.17) is 14.7 Å². The van der Waals surface area contributed by atoms with Gasteiger partial charge in [-0.2, -0.15) is 5.26 Å². The second kappa shape index (κ2) is 7.00. The summed E-state index contributed by atoms with van der Waals surface area (Å²) in [6.45, 7) is 0.864. The maximum atomic E-state index is 12.5. The fourth-order valence-corrected chi connectivity index (χ4v) is 3.26. The Morgan fingerprint density at radius 3 is 2.93 bits per heavy atom. The van der Waals surface area contributed by atoms with Crippen LogP contribution < -0.4 is 19.7 Å². The molecule has 0 aliphatic carbocycles. The van der Waals surface area contributed by atoms with Crippen LogP contribution in [0, 0.1) is 17.2 Å². The summed E-state index contributed by atoms with van der Waals surface area (Å²) in [5.74, 6) is 0.661. The summed E-state index contributed by atoms with van der Waals surface area (Å²) >= 11 is 0. The smallest absolute Gasteiger partial charge is 0.231 e. The third-order valence-corrected chi connectivity index (χ3v) is 4.69. The number of anilines is 1. The summed E-state index contributed by atoms with van der Waals surface area (Å²) in [4.78, 5) is 26.4. The van der Waals surface area contributed by atoms with Gasteiger partial charge in [-0.05, 0) is 35.9 Å². The molecule has 2 aromatic carbocycles. The summed E-state index contributed by atoms with van der Waals surface area (Å²) in [6, 6.07) is 14.4. The number of nitrogens with zero attached hydrogens (tertiary/aromatic N) is 2. The molecule has 0 aromatic heterocycles. The molecular weight excluding hydrogens is 346 g/mol. The average Bonchev–Trinajstić information content (AvgIpc) is 3.32. The maximum Gasteiger partial charge on any atom is 0.231 e. The second-order valence-corrected chi connectivity index (χ2v) is 6.47. The number of amides is 2. The Hall–Kier alpha value is -3.53. The van der Waals surface area contributed by atoms with E-state index in [0.717, 1.165) is 5.56 Å². The van der Waals surface area contributed by atoms with Crippen molar-refractivity contribution in [2.75, 3.05) is 18.2 Å². The van der Waals surface area contributed by atoms with Gasteiger partial charge in [0.15, 0.2) is 11.5 Å². The molecule has 7 nitrogen and oxygen atoms in total. The molecule has 136 valence electrons. The first-order valence-corrected chi connectivity index (χ1v) is 8.61. The van der Waals surface area contributed by atoms with Gasteiger partial charge in [0.2, 0.25) is 18.6 Å². The van der Waals surface area contributed by atoms with Crippen LogP contribution >= 0.6 is 0 Å². The van der Waals surface area contributed by atoms with Crippen LogP contribution in [0.15, 0.2) is 42.5 Å². The van der Waals surface area contributed by atoms with Crippen LogP contribution in [-0.4, -0.2) is 25.2 Å². The van der Waals surface area contributed by atoms with E-state index in [1.165, 1.54) is 0 Å². The van der Waals surface area contributed by atoms with Crippen molar-refractivity contribution >= 4 is 17.5 Å². The van der Waals surface area contributed by atoms with Crippen LogP contribution in [0.2, 0.25) is 0 Å². The molecule has 2 aromatic rings. The summed E-state index contributed by atoms with van der Waals surface area (Å²) in [5.41, 5.74) is 2.02. The minimum absolute atomic E-state index is 0.117. The summed E-state index contributed by atoms with van der Waals surface area (Å²) in [7, 11) is 0. The van der Waals surface area contributed by atoms with Crippen LogP contribution in [0.3, 0.4) is 0 Å². The van der Waals surface area contributed by atoms with E-state index in [0.29, 0.717) is 35.8 Å². The third kappa shape index (κ3) is 3.42. The lowest BCUT2D eigenvalue weighted by atomic mass is 10.1. The molecule has 1 unspecified atom stereocenters. The minimum Gasteiger partial charge on any atom is -0.454 e. The first-order valence-electron chi connectivity index (χ1n) is 8.61. The zero-order valence-electron chi connectivity index (χ0n) is 14.5. The lowest BCUT2D eigenvalue weighted by Crippen LogP contribution is -2.32. The van der Waals surface area contributed by atoms with Gasteiger partial charge < -0.3 is 19.7 Å². The minimum atomic E-state index is -0.419. The lowest BCUT2D eigenvalue weighted by molar-refractivity contribution is -0.126. The summed E-state index contributed by atoms with van der Waals surface area (Å²) in [5, 5.41) is 11.9. The van der Waals surface area contributed by atoms with Gasteiger partial charge in [0, 0.05) is 25.2 Å². The Balaban J connectivity index is 1.38. The van der Waals surface area contributed by atoms with Gasteiger partial charge in [-0.3, -0.25) is 9.59 Å². The Kier molecular flexibility index (Phi) is 4.38. The largest absolute Gasteiger partial charge is 0.454 e. The van der Waals surface area contributed by atoms with Gasteiger partial charge in [-0.1, -0.05) is 12.1 Å². The standard InChI is InChI=1S/C20H17N3O4/c21-9-13-2-1-3-16(6-13)23-11-15(8-19(23)24)20(25)22-10-14-4-5-17-18(7-14)27-12-26-17/h1-7,15H,8,10-12H2,(H,22,25). The first kappa shape index (κ1) is 16.9. The predicted molar refractivity (Wildman–Crippen MR) is 96.0 cm³/mol. The highest BCUT2D eigenvalue weighted by Gasteiger charge is 2.35. The highest BCUT2D eigenvalue weighted by Crippen LogP contribution is 2.32.